The summed E-state index contributed by atoms with van der Waals surface area (Å²) >= 11 is 0. The maximum Gasteiger partial charge on any atom is 0.407 e. The van der Waals surface area contributed by atoms with E-state index in [-0.39, 0.29) is 12.6 Å². The molecule has 0 aliphatic carbocycles. The van der Waals surface area contributed by atoms with Gasteiger partial charge in [0.15, 0.2) is 0 Å². The number of nitrogens with one attached hydrogen (secondary N) is 1. The van der Waals surface area contributed by atoms with Gasteiger partial charge in [-0.05, 0) is 39.7 Å². The second-order valence-corrected chi connectivity index (χ2v) is 6.66. The Bertz CT molecular complexity index is 548. The molecule has 1 aromatic rings. The van der Waals surface area contributed by atoms with E-state index < -0.39 is 23.7 Å². The molecule has 0 unspecified atom stereocenters. The summed E-state index contributed by atoms with van der Waals surface area (Å²) in [5, 5.41) is 2.69. The van der Waals surface area contributed by atoms with Gasteiger partial charge in [-0.1, -0.05) is 36.4 Å². The highest BCUT2D eigenvalue weighted by atomic mass is 16.6. The number of allylic oxidation sites excluding steroid dienone is 1. The number of hydrogen-bond acceptors (Lipinski definition) is 4. The second kappa shape index (κ2) is 9.11. The lowest BCUT2D eigenvalue weighted by Gasteiger charge is -2.27. The van der Waals surface area contributed by atoms with Gasteiger partial charge in [-0.15, -0.1) is 6.58 Å². The van der Waals surface area contributed by atoms with Gasteiger partial charge in [-0.3, -0.25) is 4.79 Å². The van der Waals surface area contributed by atoms with Gasteiger partial charge in [0, 0.05) is 6.04 Å². The first-order valence-electron chi connectivity index (χ1n) is 8.04. The van der Waals surface area contributed by atoms with E-state index in [0.717, 1.165) is 5.56 Å². The normalized spacial score (nSPS) is 13.5. The SMILES string of the molecule is C=CC[C@H](C(=O)OC(C)(C)C)[C@H](C)NC(=O)OCc1ccccc1. The summed E-state index contributed by atoms with van der Waals surface area (Å²) in [5.74, 6) is -0.871. The number of rotatable bonds is 7. The van der Waals surface area contributed by atoms with Gasteiger partial charge in [0.05, 0.1) is 5.92 Å². The molecule has 5 heteroatoms. The van der Waals surface area contributed by atoms with E-state index in [9.17, 15) is 9.59 Å². The standard InChI is InChI=1S/C19H27NO4/c1-6-10-16(17(21)24-19(3,4)5)14(2)20-18(22)23-13-15-11-8-7-9-12-15/h6-9,11-12,14,16H,1,10,13H2,2-5H3,(H,20,22)/t14-,16-/m0/s1. The average molecular weight is 333 g/mol. The monoisotopic (exact) mass is 333 g/mol. The first-order chi connectivity index (χ1) is 11.2. The van der Waals surface area contributed by atoms with Crippen molar-refractivity contribution in [3.8, 4) is 0 Å². The number of alkyl carbamates (subject to hydrolysis) is 1. The molecule has 0 saturated heterocycles. The molecule has 24 heavy (non-hydrogen) atoms. The Labute approximate surface area is 144 Å². The zero-order chi connectivity index (χ0) is 18.2. The molecule has 2 atom stereocenters. The minimum atomic E-state index is -0.579. The third-order valence-corrected chi connectivity index (χ3v) is 3.29. The van der Waals surface area contributed by atoms with Gasteiger partial charge >= 0.3 is 12.1 Å². The van der Waals surface area contributed by atoms with Gasteiger partial charge in [0.25, 0.3) is 0 Å². The summed E-state index contributed by atoms with van der Waals surface area (Å²) < 4.78 is 10.6. The van der Waals surface area contributed by atoms with E-state index in [1.54, 1.807) is 13.0 Å². The van der Waals surface area contributed by atoms with Gasteiger partial charge in [0.2, 0.25) is 0 Å². The zero-order valence-electron chi connectivity index (χ0n) is 14.9. The van der Waals surface area contributed by atoms with Crippen molar-refractivity contribution in [2.45, 2.75) is 52.4 Å². The van der Waals surface area contributed by atoms with Crippen LogP contribution >= 0.6 is 0 Å². The van der Waals surface area contributed by atoms with Crippen LogP contribution in [-0.4, -0.2) is 23.7 Å². The topological polar surface area (TPSA) is 64.6 Å². The molecular weight excluding hydrogens is 306 g/mol. The number of hydrogen-bond donors (Lipinski definition) is 1. The Morgan fingerprint density at radius 3 is 2.42 bits per heavy atom. The van der Waals surface area contributed by atoms with Crippen LogP contribution in [0.4, 0.5) is 4.79 Å². The van der Waals surface area contributed by atoms with Gasteiger partial charge in [0.1, 0.15) is 12.2 Å². The molecule has 0 aliphatic rings. The number of carbonyl (C=O) groups excluding carboxylic acids is 2. The summed E-state index contributed by atoms with van der Waals surface area (Å²) in [6.45, 7) is 11.0. The molecule has 0 heterocycles. The fraction of sp³-hybridized carbons (Fsp3) is 0.474. The Balaban J connectivity index is 2.57. The number of carbonyl (C=O) groups is 2. The van der Waals surface area contributed by atoms with Crippen molar-refractivity contribution in [2.24, 2.45) is 5.92 Å². The van der Waals surface area contributed by atoms with E-state index in [1.807, 2.05) is 51.1 Å². The molecule has 1 amide bonds. The van der Waals surface area contributed by atoms with Crippen LogP contribution in [-0.2, 0) is 20.9 Å². The smallest absolute Gasteiger partial charge is 0.407 e. The first-order valence-corrected chi connectivity index (χ1v) is 8.04. The van der Waals surface area contributed by atoms with Gasteiger partial charge in [-0.2, -0.15) is 0 Å². The van der Waals surface area contributed by atoms with E-state index >= 15 is 0 Å². The quantitative estimate of drug-likeness (QED) is 0.608. The average Bonchev–Trinajstić information content (AvgIpc) is 2.49. The fourth-order valence-electron chi connectivity index (χ4n) is 2.11. The maximum atomic E-state index is 12.3. The molecule has 1 N–H and O–H groups in total. The largest absolute Gasteiger partial charge is 0.460 e. The van der Waals surface area contributed by atoms with Crippen LogP contribution < -0.4 is 5.32 Å². The van der Waals surface area contributed by atoms with E-state index in [1.165, 1.54) is 0 Å². The van der Waals surface area contributed by atoms with Crippen LogP contribution in [0.2, 0.25) is 0 Å². The predicted octanol–water partition coefficient (Wildman–Crippen LogP) is 3.84. The highest BCUT2D eigenvalue weighted by molar-refractivity contribution is 5.75. The molecule has 0 saturated carbocycles. The van der Waals surface area contributed by atoms with Crippen LogP contribution in [0.15, 0.2) is 43.0 Å². The summed E-state index contributed by atoms with van der Waals surface area (Å²) in [4.78, 5) is 24.2. The molecule has 1 rings (SSSR count). The molecule has 0 bridgehead atoms. The van der Waals surface area contributed by atoms with Crippen LogP contribution in [0.25, 0.3) is 0 Å². The third kappa shape index (κ3) is 7.31. The Morgan fingerprint density at radius 2 is 1.88 bits per heavy atom. The van der Waals surface area contributed by atoms with Crippen molar-refractivity contribution in [1.82, 2.24) is 5.32 Å². The van der Waals surface area contributed by atoms with Crippen molar-refractivity contribution in [3.63, 3.8) is 0 Å². The lowest BCUT2D eigenvalue weighted by molar-refractivity contribution is -0.160. The molecular formula is C19H27NO4. The van der Waals surface area contributed by atoms with Crippen molar-refractivity contribution in [2.75, 3.05) is 0 Å². The summed E-state index contributed by atoms with van der Waals surface area (Å²) in [7, 11) is 0. The fourth-order valence-corrected chi connectivity index (χ4v) is 2.11. The summed E-state index contributed by atoms with van der Waals surface area (Å²) in [6, 6.07) is 8.97. The van der Waals surface area contributed by atoms with E-state index in [0.29, 0.717) is 6.42 Å². The molecule has 1 aromatic carbocycles. The lowest BCUT2D eigenvalue weighted by Crippen LogP contribution is -2.43. The van der Waals surface area contributed by atoms with Crippen molar-refractivity contribution in [3.05, 3.63) is 48.6 Å². The van der Waals surface area contributed by atoms with Gasteiger partial charge < -0.3 is 14.8 Å². The molecule has 0 fully saturated rings. The highest BCUT2D eigenvalue weighted by Gasteiger charge is 2.30. The van der Waals surface area contributed by atoms with Crippen molar-refractivity contribution >= 4 is 12.1 Å². The van der Waals surface area contributed by atoms with Crippen LogP contribution in [0.5, 0.6) is 0 Å². The number of esters is 1. The van der Waals surface area contributed by atoms with Crippen LogP contribution in [0.1, 0.15) is 39.7 Å². The van der Waals surface area contributed by atoms with Crippen LogP contribution in [0.3, 0.4) is 0 Å². The van der Waals surface area contributed by atoms with Crippen molar-refractivity contribution in [1.29, 1.82) is 0 Å². The van der Waals surface area contributed by atoms with Crippen LogP contribution in [0, 0.1) is 5.92 Å². The molecule has 0 spiro atoms. The minimum absolute atomic E-state index is 0.179. The summed E-state index contributed by atoms with van der Waals surface area (Å²) in [5.41, 5.74) is 0.319. The van der Waals surface area contributed by atoms with Gasteiger partial charge in [-0.25, -0.2) is 4.79 Å². The number of amides is 1. The highest BCUT2D eigenvalue weighted by Crippen LogP contribution is 2.17. The minimum Gasteiger partial charge on any atom is -0.460 e. The summed E-state index contributed by atoms with van der Waals surface area (Å²) in [6.07, 6.45) is 1.49. The predicted molar refractivity (Wildman–Crippen MR) is 93.4 cm³/mol. The Kier molecular flexibility index (Phi) is 7.49. The molecule has 132 valence electrons. The Hall–Kier alpha value is -2.30. The Morgan fingerprint density at radius 1 is 1.25 bits per heavy atom. The molecule has 0 aromatic heterocycles. The molecule has 5 nitrogen and oxygen atoms in total. The van der Waals surface area contributed by atoms with E-state index in [4.69, 9.17) is 9.47 Å². The third-order valence-electron chi connectivity index (χ3n) is 3.29. The first kappa shape index (κ1) is 19.7. The second-order valence-electron chi connectivity index (χ2n) is 6.66. The zero-order valence-corrected chi connectivity index (χ0v) is 14.9. The molecule has 0 aliphatic heterocycles. The van der Waals surface area contributed by atoms with Crippen molar-refractivity contribution < 1.29 is 19.1 Å². The van der Waals surface area contributed by atoms with E-state index in [2.05, 4.69) is 11.9 Å². The lowest BCUT2D eigenvalue weighted by atomic mass is 9.97. The maximum absolute atomic E-state index is 12.3. The molecule has 0 radical (unpaired) electrons. The number of ether oxygens (including phenoxy) is 2. The number of benzene rings is 1.